The second-order valence-electron chi connectivity index (χ2n) is 8.40. The van der Waals surface area contributed by atoms with Gasteiger partial charge in [-0.2, -0.15) is 0 Å². The molecule has 0 unspecified atom stereocenters. The van der Waals surface area contributed by atoms with Crippen LogP contribution in [0.3, 0.4) is 0 Å². The highest BCUT2D eigenvalue weighted by Gasteiger charge is 2.43. The van der Waals surface area contributed by atoms with Gasteiger partial charge in [0.2, 0.25) is 11.8 Å². The van der Waals surface area contributed by atoms with E-state index >= 15 is 0 Å². The minimum Gasteiger partial charge on any atom is -0.467 e. The molecule has 1 spiro atoms. The van der Waals surface area contributed by atoms with Gasteiger partial charge in [0.05, 0.1) is 5.56 Å². The van der Waals surface area contributed by atoms with Gasteiger partial charge in [0.1, 0.15) is 11.8 Å². The van der Waals surface area contributed by atoms with Crippen molar-refractivity contribution in [3.8, 4) is 5.75 Å². The standard InChI is InChI=1S/C22H29N3O4/c1-15(20(27)23-16-7-3-2-4-8-16)25-14-13-22(12-11-19(25)26)24-21(28)17-9-5-6-10-18(17)29-22/h5-6,9-10,15-16H,2-4,7-8,11-14H2,1H3,(H,23,27)(H,24,28)/t15-,22+/m0/s1. The van der Waals surface area contributed by atoms with Gasteiger partial charge >= 0.3 is 0 Å². The first-order valence-corrected chi connectivity index (χ1v) is 10.7. The summed E-state index contributed by atoms with van der Waals surface area (Å²) >= 11 is 0. The maximum Gasteiger partial charge on any atom is 0.258 e. The molecule has 2 aliphatic heterocycles. The van der Waals surface area contributed by atoms with Gasteiger partial charge in [0, 0.05) is 31.8 Å². The minimum atomic E-state index is -0.907. The second kappa shape index (κ2) is 8.05. The van der Waals surface area contributed by atoms with Crippen LogP contribution in [0.2, 0.25) is 0 Å². The van der Waals surface area contributed by atoms with Gasteiger partial charge in [-0.15, -0.1) is 0 Å². The van der Waals surface area contributed by atoms with E-state index in [2.05, 4.69) is 10.6 Å². The first kappa shape index (κ1) is 19.7. The van der Waals surface area contributed by atoms with E-state index in [9.17, 15) is 14.4 Å². The van der Waals surface area contributed by atoms with Crippen molar-refractivity contribution < 1.29 is 19.1 Å². The van der Waals surface area contributed by atoms with E-state index in [1.165, 1.54) is 6.42 Å². The lowest BCUT2D eigenvalue weighted by Gasteiger charge is -2.38. The molecule has 3 aliphatic rings. The van der Waals surface area contributed by atoms with Gasteiger partial charge in [0.25, 0.3) is 5.91 Å². The van der Waals surface area contributed by atoms with E-state index in [-0.39, 0.29) is 30.2 Å². The van der Waals surface area contributed by atoms with Crippen molar-refractivity contribution in [1.82, 2.24) is 15.5 Å². The summed E-state index contributed by atoms with van der Waals surface area (Å²) in [4.78, 5) is 39.7. The maximum atomic E-state index is 12.8. The summed E-state index contributed by atoms with van der Waals surface area (Å²) in [5, 5.41) is 6.08. The third kappa shape index (κ3) is 4.09. The Morgan fingerprint density at radius 3 is 2.76 bits per heavy atom. The molecular formula is C22H29N3O4. The van der Waals surface area contributed by atoms with E-state index in [1.807, 2.05) is 6.07 Å². The number of likely N-dealkylation sites (tertiary alicyclic amines) is 1. The van der Waals surface area contributed by atoms with Crippen molar-refractivity contribution in [1.29, 1.82) is 0 Å². The summed E-state index contributed by atoms with van der Waals surface area (Å²) in [6.07, 6.45) is 6.59. The number of carbonyl (C=O) groups excluding carboxylic acids is 3. The summed E-state index contributed by atoms with van der Waals surface area (Å²) in [6, 6.07) is 6.81. The first-order valence-electron chi connectivity index (χ1n) is 10.7. The van der Waals surface area contributed by atoms with Crippen LogP contribution >= 0.6 is 0 Å². The SMILES string of the molecule is C[C@@H](C(=O)NC1CCCCC1)N1CC[C@]2(CCC1=O)NC(=O)c1ccccc1O2. The van der Waals surface area contributed by atoms with Crippen LogP contribution < -0.4 is 15.4 Å². The largest absolute Gasteiger partial charge is 0.467 e. The predicted octanol–water partition coefficient (Wildman–Crippen LogP) is 2.35. The Labute approximate surface area is 171 Å². The Kier molecular flexibility index (Phi) is 5.48. The molecule has 2 heterocycles. The summed E-state index contributed by atoms with van der Waals surface area (Å²) in [5.41, 5.74) is -0.402. The summed E-state index contributed by atoms with van der Waals surface area (Å²) < 4.78 is 6.16. The zero-order valence-corrected chi connectivity index (χ0v) is 16.9. The lowest BCUT2D eigenvalue weighted by Crippen LogP contribution is -2.56. The van der Waals surface area contributed by atoms with Gasteiger partial charge in [-0.1, -0.05) is 31.4 Å². The minimum absolute atomic E-state index is 0.0788. The van der Waals surface area contributed by atoms with Crippen molar-refractivity contribution >= 4 is 17.7 Å². The summed E-state index contributed by atoms with van der Waals surface area (Å²) in [5.74, 6) is 0.182. The van der Waals surface area contributed by atoms with Crippen LogP contribution in [0, 0.1) is 0 Å². The van der Waals surface area contributed by atoms with E-state index in [4.69, 9.17) is 4.74 Å². The average Bonchev–Trinajstić information content (AvgIpc) is 2.87. The smallest absolute Gasteiger partial charge is 0.258 e. The van der Waals surface area contributed by atoms with Gasteiger partial charge in [-0.05, 0) is 31.9 Å². The highest BCUT2D eigenvalue weighted by Crippen LogP contribution is 2.34. The van der Waals surface area contributed by atoms with Crippen LogP contribution in [0.5, 0.6) is 5.75 Å². The molecule has 1 saturated heterocycles. The molecule has 3 amide bonds. The van der Waals surface area contributed by atoms with Gasteiger partial charge in [-0.25, -0.2) is 0 Å². The molecule has 7 heteroatoms. The van der Waals surface area contributed by atoms with E-state index in [0.29, 0.717) is 30.7 Å². The normalized spacial score (nSPS) is 26.2. The number of hydrogen-bond acceptors (Lipinski definition) is 4. The third-order valence-electron chi connectivity index (χ3n) is 6.40. The van der Waals surface area contributed by atoms with E-state index < -0.39 is 11.8 Å². The number of ether oxygens (including phenoxy) is 1. The van der Waals surface area contributed by atoms with Crippen LogP contribution in [0.4, 0.5) is 0 Å². The van der Waals surface area contributed by atoms with Crippen molar-refractivity contribution in [3.63, 3.8) is 0 Å². The number of fused-ring (bicyclic) bond motifs is 1. The van der Waals surface area contributed by atoms with E-state index in [1.54, 1.807) is 30.0 Å². The summed E-state index contributed by atoms with van der Waals surface area (Å²) in [6.45, 7) is 2.14. The number of rotatable bonds is 3. The van der Waals surface area contributed by atoms with Gasteiger partial charge in [0.15, 0.2) is 5.72 Å². The first-order chi connectivity index (χ1) is 14.0. The molecule has 0 radical (unpaired) electrons. The average molecular weight is 399 g/mol. The monoisotopic (exact) mass is 399 g/mol. The molecule has 2 fully saturated rings. The molecule has 2 N–H and O–H groups in total. The van der Waals surface area contributed by atoms with Crippen LogP contribution in [0.15, 0.2) is 24.3 Å². The molecule has 156 valence electrons. The molecule has 0 aromatic heterocycles. The van der Waals surface area contributed by atoms with Gasteiger partial charge in [-0.3, -0.25) is 14.4 Å². The van der Waals surface area contributed by atoms with Crippen molar-refractivity contribution in [3.05, 3.63) is 29.8 Å². The second-order valence-corrected chi connectivity index (χ2v) is 8.40. The number of amides is 3. The fraction of sp³-hybridized carbons (Fsp3) is 0.591. The fourth-order valence-electron chi connectivity index (χ4n) is 4.60. The Bertz CT molecular complexity index is 805. The molecular weight excluding hydrogens is 370 g/mol. The lowest BCUT2D eigenvalue weighted by molar-refractivity contribution is -0.139. The number of benzene rings is 1. The Hall–Kier alpha value is -2.57. The number of nitrogens with one attached hydrogen (secondary N) is 2. The molecule has 2 atom stereocenters. The third-order valence-corrected chi connectivity index (χ3v) is 6.40. The topological polar surface area (TPSA) is 87.7 Å². The molecule has 0 bridgehead atoms. The van der Waals surface area contributed by atoms with E-state index in [0.717, 1.165) is 25.7 Å². The molecule has 4 rings (SSSR count). The number of hydrogen-bond donors (Lipinski definition) is 2. The van der Waals surface area contributed by atoms with Crippen LogP contribution in [-0.4, -0.2) is 47.0 Å². The molecule has 7 nitrogen and oxygen atoms in total. The van der Waals surface area contributed by atoms with Crippen LogP contribution in [-0.2, 0) is 9.59 Å². The van der Waals surface area contributed by atoms with Crippen LogP contribution in [0.1, 0.15) is 68.6 Å². The fourth-order valence-corrected chi connectivity index (χ4v) is 4.60. The van der Waals surface area contributed by atoms with Crippen molar-refractivity contribution in [2.24, 2.45) is 0 Å². The molecule has 29 heavy (non-hydrogen) atoms. The van der Waals surface area contributed by atoms with Crippen molar-refractivity contribution in [2.75, 3.05) is 6.54 Å². The molecule has 1 aliphatic carbocycles. The Morgan fingerprint density at radius 1 is 1.21 bits per heavy atom. The number of nitrogens with zero attached hydrogens (tertiary/aromatic N) is 1. The Balaban J connectivity index is 1.43. The molecule has 1 aromatic carbocycles. The molecule has 1 saturated carbocycles. The Morgan fingerprint density at radius 2 is 1.97 bits per heavy atom. The zero-order valence-electron chi connectivity index (χ0n) is 16.9. The summed E-state index contributed by atoms with van der Waals surface area (Å²) in [7, 11) is 0. The van der Waals surface area contributed by atoms with Gasteiger partial charge < -0.3 is 20.3 Å². The quantitative estimate of drug-likeness (QED) is 0.817. The maximum absolute atomic E-state index is 12.8. The molecule has 1 aromatic rings. The number of carbonyl (C=O) groups is 3. The highest BCUT2D eigenvalue weighted by atomic mass is 16.5. The van der Waals surface area contributed by atoms with Crippen molar-refractivity contribution in [2.45, 2.75) is 76.1 Å². The zero-order chi connectivity index (χ0) is 20.4. The number of para-hydroxylation sites is 1. The lowest BCUT2D eigenvalue weighted by atomic mass is 9.95. The van der Waals surface area contributed by atoms with Crippen LogP contribution in [0.25, 0.3) is 0 Å². The highest BCUT2D eigenvalue weighted by molar-refractivity contribution is 5.98. The predicted molar refractivity (Wildman–Crippen MR) is 107 cm³/mol.